The Kier molecular flexibility index (Phi) is 20.0. The second-order valence-corrected chi connectivity index (χ2v) is 17.4. The van der Waals surface area contributed by atoms with Crippen molar-refractivity contribution in [1.29, 1.82) is 0 Å². The lowest BCUT2D eigenvalue weighted by atomic mass is 9.89. The van der Waals surface area contributed by atoms with E-state index in [2.05, 4.69) is 10.6 Å². The van der Waals surface area contributed by atoms with Crippen LogP contribution in [0.3, 0.4) is 0 Å². The summed E-state index contributed by atoms with van der Waals surface area (Å²) in [4.78, 5) is 62.0. The number of benzene rings is 2. The number of rotatable bonds is 23. The van der Waals surface area contributed by atoms with Gasteiger partial charge >= 0.3 is 0 Å². The van der Waals surface area contributed by atoms with Crippen LogP contribution in [0.15, 0.2) is 54.6 Å². The Balaban J connectivity index is 1.76. The number of likely N-dealkylation sites (N-methyl/N-ethyl adjacent to an activating group) is 2. The zero-order valence-corrected chi connectivity index (χ0v) is 38.5. The molecule has 0 radical (unpaired) electrons. The maximum absolute atomic E-state index is 14.5. The normalized spacial score (nSPS) is 18.9. The van der Waals surface area contributed by atoms with Crippen LogP contribution in [0.5, 0.6) is 5.75 Å². The van der Waals surface area contributed by atoms with Crippen molar-refractivity contribution in [2.24, 2.45) is 23.7 Å². The smallest absolute Gasteiger partial charge is 0.245 e. The molecule has 0 saturated carbocycles. The molecule has 2 aromatic rings. The molecule has 10 atom stereocenters. The molecule has 13 heteroatoms. The molecule has 1 heterocycles. The number of aliphatic hydroxyl groups is 1. The third kappa shape index (κ3) is 13.0. The third-order valence-electron chi connectivity index (χ3n) is 12.4. The Bertz CT molecular complexity index is 1640. The molecule has 336 valence electrons. The number of likely N-dealkylation sites (tertiary alicyclic amines) is 1. The van der Waals surface area contributed by atoms with Gasteiger partial charge in [0.05, 0.1) is 61.9 Å². The summed E-state index contributed by atoms with van der Waals surface area (Å²) >= 11 is 0. The first-order valence-corrected chi connectivity index (χ1v) is 21.7. The van der Waals surface area contributed by atoms with Crippen LogP contribution in [-0.2, 0) is 35.2 Å². The van der Waals surface area contributed by atoms with Gasteiger partial charge in [0.25, 0.3) is 0 Å². The molecule has 2 aromatic carbocycles. The van der Waals surface area contributed by atoms with E-state index in [1.165, 1.54) is 0 Å². The number of carbonyl (C=O) groups is 4. The van der Waals surface area contributed by atoms with Gasteiger partial charge in [0.15, 0.2) is 0 Å². The van der Waals surface area contributed by atoms with Gasteiger partial charge in [0.2, 0.25) is 23.6 Å². The third-order valence-corrected chi connectivity index (χ3v) is 12.4. The number of amides is 4. The van der Waals surface area contributed by atoms with Crippen molar-refractivity contribution >= 4 is 23.6 Å². The molecule has 3 rings (SSSR count). The molecule has 13 nitrogen and oxygen atoms in total. The summed E-state index contributed by atoms with van der Waals surface area (Å²) in [5.74, 6) is -1.04. The number of nitrogens with zero attached hydrogens (tertiary/aromatic N) is 3. The Morgan fingerprint density at radius 3 is 2.02 bits per heavy atom. The van der Waals surface area contributed by atoms with Gasteiger partial charge in [0.1, 0.15) is 11.8 Å². The van der Waals surface area contributed by atoms with Gasteiger partial charge in [-0.05, 0) is 67.8 Å². The fraction of sp³-hybridized carbons (Fsp3) is 0.660. The summed E-state index contributed by atoms with van der Waals surface area (Å²) in [6.45, 7) is 16.5. The number of ether oxygens (including phenoxy) is 3. The van der Waals surface area contributed by atoms with Gasteiger partial charge in [-0.15, -0.1) is 0 Å². The van der Waals surface area contributed by atoms with Crippen LogP contribution in [0, 0.1) is 23.7 Å². The molecule has 0 unspecified atom stereocenters. The summed E-state index contributed by atoms with van der Waals surface area (Å²) in [6.07, 6.45) is 0.0342. The summed E-state index contributed by atoms with van der Waals surface area (Å²) in [7, 11) is 8.40. The minimum atomic E-state index is -0.885. The van der Waals surface area contributed by atoms with E-state index >= 15 is 0 Å². The molecule has 1 aliphatic rings. The van der Waals surface area contributed by atoms with Gasteiger partial charge in [-0.25, -0.2) is 0 Å². The van der Waals surface area contributed by atoms with E-state index in [1.807, 2.05) is 108 Å². The van der Waals surface area contributed by atoms with E-state index in [4.69, 9.17) is 14.2 Å². The second-order valence-electron chi connectivity index (χ2n) is 17.4. The van der Waals surface area contributed by atoms with Crippen molar-refractivity contribution in [3.63, 3.8) is 0 Å². The standard InChI is InChI=1S/C47H75N5O8/c1-14-31(6)42(51(10)47(57)40(29(2)3)49-46(56)41(30(4)5)50(9)28-34-22-24-36(58-11)25-23-34)38(59-12)27-39(53)52-26-18-21-37(52)44(60-13)32(7)45(55)48-33(8)43(54)35-19-16-15-17-20-35/h15-17,19-20,22-25,29-33,37-38,40-44,54H,14,18,21,26-28H2,1-13H3,(H,48,55)(H,49,56)/t31-,32+,33+,37-,38+,40-,41-,42-,43+,44+/m0/s1. The maximum Gasteiger partial charge on any atom is 0.245 e. The van der Waals surface area contributed by atoms with Gasteiger partial charge in [-0.3, -0.25) is 24.1 Å². The van der Waals surface area contributed by atoms with Crippen molar-refractivity contribution in [3.8, 4) is 5.75 Å². The van der Waals surface area contributed by atoms with Crippen LogP contribution in [0.4, 0.5) is 0 Å². The summed E-state index contributed by atoms with van der Waals surface area (Å²) in [6, 6.07) is 14.3. The number of carbonyl (C=O) groups excluding carboxylic acids is 4. The van der Waals surface area contributed by atoms with Crippen molar-refractivity contribution in [1.82, 2.24) is 25.3 Å². The average Bonchev–Trinajstić information content (AvgIpc) is 3.72. The Hall–Kier alpha value is -4.04. The molecule has 0 aliphatic carbocycles. The number of hydrogen-bond donors (Lipinski definition) is 3. The molecule has 1 fully saturated rings. The summed E-state index contributed by atoms with van der Waals surface area (Å²) < 4.78 is 17.3. The highest BCUT2D eigenvalue weighted by atomic mass is 16.5. The lowest BCUT2D eigenvalue weighted by Gasteiger charge is -2.41. The van der Waals surface area contributed by atoms with E-state index in [0.29, 0.717) is 25.1 Å². The first-order valence-electron chi connectivity index (χ1n) is 21.7. The minimum absolute atomic E-state index is 0.0151. The van der Waals surface area contributed by atoms with Gasteiger partial charge < -0.3 is 39.8 Å². The van der Waals surface area contributed by atoms with Crippen LogP contribution >= 0.6 is 0 Å². The zero-order valence-electron chi connectivity index (χ0n) is 38.5. The lowest BCUT2D eigenvalue weighted by molar-refractivity contribution is -0.148. The minimum Gasteiger partial charge on any atom is -0.497 e. The summed E-state index contributed by atoms with van der Waals surface area (Å²) in [5.41, 5.74) is 1.74. The van der Waals surface area contributed by atoms with Crippen molar-refractivity contribution < 1.29 is 38.5 Å². The monoisotopic (exact) mass is 838 g/mol. The quantitative estimate of drug-likeness (QED) is 0.133. The molecule has 4 amide bonds. The van der Waals surface area contributed by atoms with Crippen LogP contribution < -0.4 is 15.4 Å². The largest absolute Gasteiger partial charge is 0.497 e. The van der Waals surface area contributed by atoms with Gasteiger partial charge in [0, 0.05) is 34.4 Å². The average molecular weight is 838 g/mol. The molecule has 0 aromatic heterocycles. The highest BCUT2D eigenvalue weighted by Gasteiger charge is 2.43. The van der Waals surface area contributed by atoms with Crippen LogP contribution in [0.1, 0.15) is 98.3 Å². The lowest BCUT2D eigenvalue weighted by Crippen LogP contribution is -2.60. The van der Waals surface area contributed by atoms with E-state index in [-0.39, 0.29) is 53.8 Å². The highest BCUT2D eigenvalue weighted by molar-refractivity contribution is 5.90. The Morgan fingerprint density at radius 1 is 0.850 bits per heavy atom. The molecular weight excluding hydrogens is 763 g/mol. The topological polar surface area (TPSA) is 150 Å². The molecule has 3 N–H and O–H groups in total. The predicted octanol–water partition coefficient (Wildman–Crippen LogP) is 5.45. The molecule has 0 spiro atoms. The first kappa shape index (κ1) is 50.3. The van der Waals surface area contributed by atoms with Crippen LogP contribution in [0.2, 0.25) is 0 Å². The Morgan fingerprint density at radius 2 is 1.48 bits per heavy atom. The highest BCUT2D eigenvalue weighted by Crippen LogP contribution is 2.30. The van der Waals surface area contributed by atoms with Crippen molar-refractivity contribution in [2.75, 3.05) is 42.0 Å². The van der Waals surface area contributed by atoms with Crippen molar-refractivity contribution in [3.05, 3.63) is 65.7 Å². The van der Waals surface area contributed by atoms with Crippen LogP contribution in [0.25, 0.3) is 0 Å². The fourth-order valence-corrected chi connectivity index (χ4v) is 8.78. The number of hydrogen-bond acceptors (Lipinski definition) is 9. The fourth-order valence-electron chi connectivity index (χ4n) is 8.78. The van der Waals surface area contributed by atoms with Crippen LogP contribution in [-0.4, -0.2) is 128 Å². The van der Waals surface area contributed by atoms with E-state index in [0.717, 1.165) is 24.2 Å². The van der Waals surface area contributed by atoms with E-state index < -0.39 is 48.4 Å². The molecule has 1 aliphatic heterocycles. The zero-order chi connectivity index (χ0) is 44.8. The number of aliphatic hydroxyl groups excluding tert-OH is 1. The first-order chi connectivity index (χ1) is 28.4. The van der Waals surface area contributed by atoms with Gasteiger partial charge in [-0.1, -0.05) is 97.4 Å². The summed E-state index contributed by atoms with van der Waals surface area (Å²) in [5, 5.41) is 17.0. The second kappa shape index (κ2) is 23.8. The molecule has 1 saturated heterocycles. The van der Waals surface area contributed by atoms with E-state index in [9.17, 15) is 24.3 Å². The number of methoxy groups -OCH3 is 3. The Labute approximate surface area is 359 Å². The van der Waals surface area contributed by atoms with Gasteiger partial charge in [-0.2, -0.15) is 0 Å². The SMILES string of the molecule is CC[C@H](C)[C@@H]([C@@H](CC(=O)N1CCC[C@H]1[C@H](OC)[C@@H](C)C(=O)N[C@H](C)[C@@H](O)c1ccccc1)OC)N(C)C(=O)[C@@H](NC(=O)[C@H](C(C)C)N(C)Cc1ccc(OC)cc1)C(C)C. The molecule has 0 bridgehead atoms. The predicted molar refractivity (Wildman–Crippen MR) is 235 cm³/mol. The molecule has 60 heavy (non-hydrogen) atoms. The number of nitrogens with one attached hydrogen (secondary N) is 2. The maximum atomic E-state index is 14.5. The van der Waals surface area contributed by atoms with E-state index in [1.54, 1.807) is 52.0 Å². The molecular formula is C47H75N5O8. The van der Waals surface area contributed by atoms with Crippen molar-refractivity contribution in [2.45, 2.75) is 136 Å².